The summed E-state index contributed by atoms with van der Waals surface area (Å²) in [6, 6.07) is 5.13. The highest BCUT2D eigenvalue weighted by Gasteiger charge is 2.42. The Balaban J connectivity index is 1.53. The lowest BCUT2D eigenvalue weighted by molar-refractivity contribution is -0.119. The first-order valence-corrected chi connectivity index (χ1v) is 8.19. The van der Waals surface area contributed by atoms with E-state index in [0.29, 0.717) is 43.2 Å². The molecule has 0 aromatic heterocycles. The topological polar surface area (TPSA) is 79.9 Å². The van der Waals surface area contributed by atoms with Gasteiger partial charge in [0.25, 0.3) is 0 Å². The van der Waals surface area contributed by atoms with Crippen molar-refractivity contribution in [3.63, 3.8) is 0 Å². The van der Waals surface area contributed by atoms with Gasteiger partial charge >= 0.3 is 6.03 Å². The molecule has 1 aromatic rings. The third-order valence-electron chi connectivity index (χ3n) is 4.38. The lowest BCUT2D eigenvalue weighted by Crippen LogP contribution is -2.54. The van der Waals surface area contributed by atoms with Gasteiger partial charge in [0.05, 0.1) is 7.11 Å². The van der Waals surface area contributed by atoms with E-state index in [0.717, 1.165) is 5.56 Å². The Kier molecular flexibility index (Phi) is 4.82. The van der Waals surface area contributed by atoms with Crippen molar-refractivity contribution >= 4 is 23.5 Å². The van der Waals surface area contributed by atoms with Gasteiger partial charge in [-0.2, -0.15) is 0 Å². The number of piperidine rings is 1. The number of likely N-dealkylation sites (tertiary alicyclic amines) is 1. The van der Waals surface area contributed by atoms with Crippen molar-refractivity contribution in [2.45, 2.75) is 25.1 Å². The van der Waals surface area contributed by atoms with Crippen molar-refractivity contribution in [2.75, 3.05) is 26.8 Å². The van der Waals surface area contributed by atoms with E-state index in [-0.39, 0.29) is 18.5 Å². The molecule has 2 N–H and O–H groups in total. The van der Waals surface area contributed by atoms with E-state index in [4.69, 9.17) is 21.1 Å². The third-order valence-corrected chi connectivity index (χ3v) is 4.61. The van der Waals surface area contributed by atoms with Crippen molar-refractivity contribution < 1.29 is 19.1 Å². The van der Waals surface area contributed by atoms with Crippen molar-refractivity contribution in [3.05, 3.63) is 28.8 Å². The maximum absolute atomic E-state index is 12.3. The lowest BCUT2D eigenvalue weighted by atomic mass is 10.0. The predicted octanol–water partition coefficient (Wildman–Crippen LogP) is 1.50. The summed E-state index contributed by atoms with van der Waals surface area (Å²) in [7, 11) is 1.58. The highest BCUT2D eigenvalue weighted by molar-refractivity contribution is 6.30. The summed E-state index contributed by atoms with van der Waals surface area (Å²) in [6.07, 6.45) is 1.18. The molecule has 0 atom stereocenters. The Labute approximate surface area is 145 Å². The van der Waals surface area contributed by atoms with E-state index in [1.807, 2.05) is 0 Å². The zero-order valence-electron chi connectivity index (χ0n) is 13.4. The van der Waals surface area contributed by atoms with E-state index >= 15 is 0 Å². The largest absolute Gasteiger partial charge is 0.496 e. The molecule has 2 saturated heterocycles. The summed E-state index contributed by atoms with van der Waals surface area (Å²) in [5, 5.41) is 6.33. The third kappa shape index (κ3) is 3.57. The molecule has 1 aromatic carbocycles. The standard InChI is InChI=1S/C16H20ClN3O4/c1-23-13-3-2-12(17)8-11(13)9-18-15(22)20-6-4-16(5-7-20)19-14(21)10-24-16/h2-3,8H,4-7,9-10H2,1H3,(H,18,22)(H,19,21). The summed E-state index contributed by atoms with van der Waals surface area (Å²) in [4.78, 5) is 25.4. The number of amides is 3. The molecule has 2 aliphatic heterocycles. The quantitative estimate of drug-likeness (QED) is 0.863. The van der Waals surface area contributed by atoms with E-state index in [9.17, 15) is 9.59 Å². The van der Waals surface area contributed by atoms with Crippen molar-refractivity contribution in [3.8, 4) is 5.75 Å². The normalized spacial score (nSPS) is 19.2. The van der Waals surface area contributed by atoms with Gasteiger partial charge in [0, 0.05) is 43.1 Å². The first-order valence-electron chi connectivity index (χ1n) is 7.81. The number of methoxy groups -OCH3 is 1. The molecular formula is C16H20ClN3O4. The van der Waals surface area contributed by atoms with Crippen LogP contribution < -0.4 is 15.4 Å². The molecule has 3 rings (SSSR count). The molecule has 1 spiro atoms. The van der Waals surface area contributed by atoms with Gasteiger partial charge in [-0.15, -0.1) is 0 Å². The van der Waals surface area contributed by atoms with Crippen LogP contribution in [0.15, 0.2) is 18.2 Å². The Morgan fingerprint density at radius 1 is 1.46 bits per heavy atom. The van der Waals surface area contributed by atoms with Crippen LogP contribution in [0.3, 0.4) is 0 Å². The van der Waals surface area contributed by atoms with Crippen molar-refractivity contribution in [1.82, 2.24) is 15.5 Å². The minimum Gasteiger partial charge on any atom is -0.496 e. The molecule has 2 fully saturated rings. The molecule has 130 valence electrons. The van der Waals surface area contributed by atoms with Crippen LogP contribution in [0.2, 0.25) is 5.02 Å². The van der Waals surface area contributed by atoms with Gasteiger partial charge in [-0.05, 0) is 18.2 Å². The second-order valence-corrected chi connectivity index (χ2v) is 6.37. The van der Waals surface area contributed by atoms with Gasteiger partial charge in [-0.25, -0.2) is 4.79 Å². The molecule has 2 aliphatic rings. The second-order valence-electron chi connectivity index (χ2n) is 5.93. The molecule has 7 nitrogen and oxygen atoms in total. The smallest absolute Gasteiger partial charge is 0.317 e. The molecule has 24 heavy (non-hydrogen) atoms. The van der Waals surface area contributed by atoms with Crippen LogP contribution in [0.4, 0.5) is 4.79 Å². The monoisotopic (exact) mass is 353 g/mol. The number of carbonyl (C=O) groups is 2. The number of nitrogens with one attached hydrogen (secondary N) is 2. The molecule has 0 unspecified atom stereocenters. The van der Waals surface area contributed by atoms with Gasteiger partial charge < -0.3 is 25.0 Å². The number of hydrogen-bond acceptors (Lipinski definition) is 4. The van der Waals surface area contributed by atoms with E-state index in [2.05, 4.69) is 10.6 Å². The predicted molar refractivity (Wildman–Crippen MR) is 87.9 cm³/mol. The Morgan fingerprint density at radius 3 is 2.83 bits per heavy atom. The summed E-state index contributed by atoms with van der Waals surface area (Å²) < 4.78 is 10.8. The maximum atomic E-state index is 12.3. The van der Waals surface area contributed by atoms with Crippen LogP contribution >= 0.6 is 11.6 Å². The van der Waals surface area contributed by atoms with Crippen LogP contribution in [0.25, 0.3) is 0 Å². The first-order chi connectivity index (χ1) is 11.5. The molecule has 2 heterocycles. The number of hydrogen-bond donors (Lipinski definition) is 2. The highest BCUT2D eigenvalue weighted by Crippen LogP contribution is 2.27. The summed E-state index contributed by atoms with van der Waals surface area (Å²) >= 11 is 5.99. The average molecular weight is 354 g/mol. The number of nitrogens with zero attached hydrogens (tertiary/aromatic N) is 1. The maximum Gasteiger partial charge on any atom is 0.317 e. The summed E-state index contributed by atoms with van der Waals surface area (Å²) in [5.74, 6) is 0.584. The SMILES string of the molecule is COc1ccc(Cl)cc1CNC(=O)N1CCC2(CC1)NC(=O)CO2. The first kappa shape index (κ1) is 16.9. The van der Waals surface area contributed by atoms with E-state index < -0.39 is 5.72 Å². The Hall–Kier alpha value is -1.99. The number of benzene rings is 1. The van der Waals surface area contributed by atoms with Gasteiger partial charge in [-0.3, -0.25) is 4.79 Å². The average Bonchev–Trinajstić information content (AvgIpc) is 2.94. The van der Waals surface area contributed by atoms with E-state index in [1.165, 1.54) is 0 Å². The summed E-state index contributed by atoms with van der Waals surface area (Å²) in [6.45, 7) is 1.48. The Bertz CT molecular complexity index is 644. The van der Waals surface area contributed by atoms with Crippen molar-refractivity contribution in [2.24, 2.45) is 0 Å². The van der Waals surface area contributed by atoms with Crippen LogP contribution in [0, 0.1) is 0 Å². The number of urea groups is 1. The summed E-state index contributed by atoms with van der Waals surface area (Å²) in [5.41, 5.74) is 0.225. The molecule has 0 radical (unpaired) electrons. The fourth-order valence-corrected chi connectivity index (χ4v) is 3.23. The van der Waals surface area contributed by atoms with Gasteiger partial charge in [-0.1, -0.05) is 11.6 Å². The minimum atomic E-state index is -0.593. The molecule has 0 bridgehead atoms. The number of halogens is 1. The van der Waals surface area contributed by atoms with Crippen LogP contribution in [0.5, 0.6) is 5.75 Å². The molecule has 0 aliphatic carbocycles. The number of ether oxygens (including phenoxy) is 2. The second kappa shape index (κ2) is 6.86. The van der Waals surface area contributed by atoms with Crippen LogP contribution in [-0.2, 0) is 16.1 Å². The zero-order chi connectivity index (χ0) is 17.2. The van der Waals surface area contributed by atoms with Gasteiger partial charge in [0.2, 0.25) is 5.91 Å². The zero-order valence-corrected chi connectivity index (χ0v) is 14.2. The van der Waals surface area contributed by atoms with Crippen LogP contribution in [-0.4, -0.2) is 49.4 Å². The number of rotatable bonds is 3. The number of carbonyl (C=O) groups excluding carboxylic acids is 2. The molecular weight excluding hydrogens is 334 g/mol. The van der Waals surface area contributed by atoms with Gasteiger partial charge in [0.1, 0.15) is 18.1 Å². The molecule has 3 amide bonds. The van der Waals surface area contributed by atoms with Crippen LogP contribution in [0.1, 0.15) is 18.4 Å². The van der Waals surface area contributed by atoms with E-state index in [1.54, 1.807) is 30.2 Å². The molecule has 0 saturated carbocycles. The Morgan fingerprint density at radius 2 is 2.21 bits per heavy atom. The van der Waals surface area contributed by atoms with Crippen molar-refractivity contribution in [1.29, 1.82) is 0 Å². The fourth-order valence-electron chi connectivity index (χ4n) is 3.04. The molecule has 8 heteroatoms. The lowest BCUT2D eigenvalue weighted by Gasteiger charge is -2.38. The fraction of sp³-hybridized carbons (Fsp3) is 0.500. The highest BCUT2D eigenvalue weighted by atomic mass is 35.5. The van der Waals surface area contributed by atoms with Gasteiger partial charge in [0.15, 0.2) is 0 Å². The minimum absolute atomic E-state index is 0.0963.